The first kappa shape index (κ1) is 81.9. The second kappa shape index (κ2) is 34.6. The van der Waals surface area contributed by atoms with Gasteiger partial charge < -0.3 is 52.3 Å². The maximum absolute atomic E-state index is 13.0. The minimum absolute atomic E-state index is 0. The molecule has 0 bridgehead atoms. The molecule has 5 fully saturated rings. The van der Waals surface area contributed by atoms with Gasteiger partial charge in [0.05, 0.1) is 39.0 Å². The summed E-state index contributed by atoms with van der Waals surface area (Å²) >= 11 is 15.6. The van der Waals surface area contributed by atoms with E-state index in [4.69, 9.17) is 39.7 Å². The predicted octanol–water partition coefficient (Wildman–Crippen LogP) is 12.0. The van der Waals surface area contributed by atoms with E-state index in [2.05, 4.69) is 108 Å². The van der Waals surface area contributed by atoms with Crippen molar-refractivity contribution < 1.29 is 55.0 Å². The second-order valence-corrected chi connectivity index (χ2v) is 30.0. The number of amides is 5. The van der Waals surface area contributed by atoms with Gasteiger partial charge in [0, 0.05) is 122 Å². The first-order valence-corrected chi connectivity index (χ1v) is 36.9. The third-order valence-corrected chi connectivity index (χ3v) is 23.3. The molecule has 5 amide bonds. The molecule has 23 nitrogen and oxygen atoms in total. The van der Waals surface area contributed by atoms with E-state index >= 15 is 0 Å². The van der Waals surface area contributed by atoms with E-state index in [1.54, 1.807) is 36.7 Å². The van der Waals surface area contributed by atoms with Crippen molar-refractivity contribution in [3.63, 3.8) is 0 Å². The second-order valence-electron chi connectivity index (χ2n) is 28.5. The monoisotopic (exact) mass is 1520 g/mol. The van der Waals surface area contributed by atoms with Gasteiger partial charge >= 0.3 is 29.6 Å². The van der Waals surface area contributed by atoms with Gasteiger partial charge in [-0.25, -0.2) is 15.0 Å². The van der Waals surface area contributed by atoms with Gasteiger partial charge in [0.2, 0.25) is 34.2 Å². The van der Waals surface area contributed by atoms with Crippen LogP contribution in [0.15, 0.2) is 89.9 Å². The van der Waals surface area contributed by atoms with Crippen LogP contribution in [0, 0.1) is 17.8 Å². The van der Waals surface area contributed by atoms with E-state index in [0.717, 1.165) is 190 Å². The first-order valence-electron chi connectivity index (χ1n) is 35.3. The van der Waals surface area contributed by atoms with Crippen LogP contribution < -0.4 is 57.0 Å². The number of carbonyl (C=O) groups is 5. The number of carbonyl (C=O) groups excluding carboxylic acids is 5. The number of hydrogen-bond donors (Lipinski definition) is 5. The Bertz CT molecular complexity index is 4270. The normalized spacial score (nSPS) is 20.0. The number of rotatable bonds is 9. The fourth-order valence-electron chi connectivity index (χ4n) is 16.4. The third kappa shape index (κ3) is 16.8. The van der Waals surface area contributed by atoms with Crippen LogP contribution in [0.3, 0.4) is 0 Å². The molecule has 3 aliphatic carbocycles. The molecular formula is C76H106BrCl2N18NaO5. The molecule has 4 aliphatic heterocycles. The molecule has 27 heteroatoms. The number of piperazine rings is 2. The Morgan fingerprint density at radius 1 is 0.553 bits per heavy atom. The number of nitrogens with zero attached hydrogens (tertiary/aromatic N) is 13. The molecule has 7 N–H and O–H groups in total. The number of aromatic nitrogens is 9. The van der Waals surface area contributed by atoms with Crippen molar-refractivity contribution in [2.45, 2.75) is 196 Å². The Kier molecular flexibility index (Phi) is 27.5. The molecule has 8 aromatic rings. The summed E-state index contributed by atoms with van der Waals surface area (Å²) in [6.45, 7) is 21.6. The van der Waals surface area contributed by atoms with Gasteiger partial charge in [-0.05, 0) is 172 Å². The van der Waals surface area contributed by atoms with Crippen LogP contribution in [-0.4, -0.2) is 157 Å². The van der Waals surface area contributed by atoms with Gasteiger partial charge in [-0.15, -0.1) is 0 Å². The minimum atomic E-state index is -0.359. The molecule has 103 heavy (non-hydrogen) atoms. The van der Waals surface area contributed by atoms with Crippen molar-refractivity contribution >= 4 is 131 Å². The van der Waals surface area contributed by atoms with Gasteiger partial charge in [0.15, 0.2) is 0 Å². The van der Waals surface area contributed by atoms with Gasteiger partial charge in [-0.2, -0.15) is 15.0 Å². The standard InChI is InChI=1S/C29H37N7O2.C15H18BrClN4O.C15H17ClN4O.C14H21N3O.3CH4.Na.H/c1-19(2)34-13-15-35(16-14-34)27(38)21-7-9-23(10-8-21)31-28-30-18-22-17-24-32-26(37)20(3)29(11-5-4-6-12-29)36(24)25(22)33-28;1-9(12(18)22)15(5-3-2-4-6-15)21-11(16)7-10-8-19-14(17)20-13(10)21;1-9-13(21)18-11-7-10-8-17-14(16)19-12(10)20(11)15(9)5-3-2-4-6-15;1-11(2)16-7-9-17(10-8-16)14(18)12-3-5-13(15)6-4-12;;;;;/h7-10,17-20H,4-6,11-16H2,1-3H3,(H,32,37)(H,30,31,33);7-9H,2-6H2,1H3,(H2,18,22);7-9H,2-6H2,1H3,(H,18,21);3-6,11H,7-10,15H2,1-2H3;3*1H4;;/q;;;;;;;+1;-1. The maximum atomic E-state index is 13.0. The number of fused-ring (bicyclic) bond motifs is 9. The van der Waals surface area contributed by atoms with Crippen molar-refractivity contribution in [3.8, 4) is 0 Å². The molecule has 2 spiro atoms. The molecule has 7 aliphatic rings. The van der Waals surface area contributed by atoms with Crippen LogP contribution in [-0.2, 0) is 31.0 Å². The number of benzene rings is 2. The maximum Gasteiger partial charge on any atom is 1.00 e. The van der Waals surface area contributed by atoms with Gasteiger partial charge in [-0.1, -0.05) is 101 Å². The summed E-state index contributed by atoms with van der Waals surface area (Å²) in [5.41, 5.74) is 15.9. The summed E-state index contributed by atoms with van der Waals surface area (Å²) in [5, 5.41) is 12.6. The molecule has 2 saturated heterocycles. The Morgan fingerprint density at radius 2 is 0.932 bits per heavy atom. The van der Waals surface area contributed by atoms with E-state index in [9.17, 15) is 24.0 Å². The quantitative estimate of drug-likeness (QED) is 0.0510. The van der Waals surface area contributed by atoms with E-state index in [0.29, 0.717) is 29.3 Å². The van der Waals surface area contributed by atoms with E-state index in [1.807, 2.05) is 79.2 Å². The topological polar surface area (TPSA) is 279 Å². The Hall–Kier alpha value is -6.77. The van der Waals surface area contributed by atoms with Crippen LogP contribution in [0.5, 0.6) is 0 Å². The summed E-state index contributed by atoms with van der Waals surface area (Å²) in [6, 6.07) is 21.7. The van der Waals surface area contributed by atoms with Crippen molar-refractivity contribution in [1.82, 2.24) is 63.2 Å². The summed E-state index contributed by atoms with van der Waals surface area (Å²) < 4.78 is 7.46. The fourth-order valence-corrected chi connectivity index (χ4v) is 17.5. The van der Waals surface area contributed by atoms with E-state index < -0.39 is 0 Å². The summed E-state index contributed by atoms with van der Waals surface area (Å²) in [7, 11) is 0. The largest absolute Gasteiger partial charge is 1.00 e. The first-order chi connectivity index (χ1) is 47.5. The van der Waals surface area contributed by atoms with Gasteiger partial charge in [0.25, 0.3) is 11.8 Å². The Labute approximate surface area is 649 Å². The number of nitrogens with one attached hydrogen (secondary N) is 3. The number of anilines is 5. The Morgan fingerprint density at radius 3 is 1.35 bits per heavy atom. The zero-order valence-electron chi connectivity index (χ0n) is 59.9. The van der Waals surface area contributed by atoms with Crippen molar-refractivity contribution in [3.05, 3.63) is 112 Å². The van der Waals surface area contributed by atoms with Crippen LogP contribution in [0.25, 0.3) is 33.1 Å². The Balaban J connectivity index is 0.000000200. The third-order valence-electron chi connectivity index (χ3n) is 22.4. The van der Waals surface area contributed by atoms with Crippen LogP contribution in [0.4, 0.5) is 29.0 Å². The zero-order valence-corrected chi connectivity index (χ0v) is 64.0. The van der Waals surface area contributed by atoms with Gasteiger partial charge in [-0.3, -0.25) is 33.8 Å². The number of halogens is 3. The zero-order chi connectivity index (χ0) is 70.1. The summed E-state index contributed by atoms with van der Waals surface area (Å²) in [5.74, 6) is 1.77. The van der Waals surface area contributed by atoms with Crippen molar-refractivity contribution in [2.75, 3.05) is 74.0 Å². The molecular weight excluding hydrogens is 1420 g/mol. The van der Waals surface area contributed by atoms with Gasteiger partial charge in [0.1, 0.15) is 28.6 Å². The van der Waals surface area contributed by atoms with E-state index in [1.165, 1.54) is 19.3 Å². The smallest absolute Gasteiger partial charge is 1.00 e. The molecule has 3 saturated carbocycles. The van der Waals surface area contributed by atoms with Crippen LogP contribution in [0.1, 0.15) is 189 Å². The average Bonchev–Trinajstić information content (AvgIpc) is 1.53. The molecule has 3 unspecified atom stereocenters. The molecule has 552 valence electrons. The van der Waals surface area contributed by atoms with Crippen LogP contribution >= 0.6 is 39.1 Å². The molecule has 15 rings (SSSR count). The summed E-state index contributed by atoms with van der Waals surface area (Å²) in [6.07, 6.45) is 21.3. The SMILES string of the molecule is C.C.C.CC(C(N)=O)C1(n2c(Br)cc3cnc(Cl)nc32)CCCCC1.CC(C)N1CCN(C(=O)c2ccc(N)cc2)CC1.CC(C)N1CCN(C(=O)c2ccc(Nc3ncc4cc5n(c4n3)C3(CCCCC3)C(C)C(=O)N5)cc2)CC1.CC1C(=O)Nc2cc3cnc(Cl)nc3n2C12CCCCC2.[H-].[Na+]. The number of hydrogen-bond acceptors (Lipinski definition) is 15. The van der Waals surface area contributed by atoms with Crippen molar-refractivity contribution in [2.24, 2.45) is 23.5 Å². The van der Waals surface area contributed by atoms with E-state index in [-0.39, 0.29) is 128 Å². The number of primary amides is 1. The van der Waals surface area contributed by atoms with Crippen molar-refractivity contribution in [1.29, 1.82) is 0 Å². The average molecular weight is 1530 g/mol. The predicted molar refractivity (Wildman–Crippen MR) is 415 cm³/mol. The molecule has 3 atom stereocenters. The molecule has 2 aromatic carbocycles. The molecule has 6 aromatic heterocycles. The summed E-state index contributed by atoms with van der Waals surface area (Å²) in [4.78, 5) is 97.5. The fraction of sp³-hybridized carbons (Fsp3) is 0.539. The van der Waals surface area contributed by atoms with Crippen LogP contribution in [0.2, 0.25) is 10.6 Å². The minimum Gasteiger partial charge on any atom is -1.00 e. The molecule has 0 radical (unpaired) electrons. The number of nitrogens with two attached hydrogens (primary N) is 2. The number of nitrogen functional groups attached to an aromatic ring is 1. The molecule has 10 heterocycles.